The van der Waals surface area contributed by atoms with E-state index in [0.29, 0.717) is 18.9 Å². The molecule has 106 valence electrons. The maximum atomic E-state index is 11.8. The minimum absolute atomic E-state index is 0.225. The molecule has 0 amide bonds. The highest BCUT2D eigenvalue weighted by Crippen LogP contribution is 2.25. The van der Waals surface area contributed by atoms with Crippen molar-refractivity contribution in [1.82, 2.24) is 5.32 Å². The van der Waals surface area contributed by atoms with Gasteiger partial charge >= 0.3 is 5.97 Å². The zero-order valence-corrected chi connectivity index (χ0v) is 10.9. The first kappa shape index (κ1) is 15.3. The smallest absolute Gasteiger partial charge is 0.325 e. The van der Waals surface area contributed by atoms with Crippen molar-refractivity contribution in [3.63, 3.8) is 0 Å². The number of nitrogens with one attached hydrogen (secondary N) is 1. The van der Waals surface area contributed by atoms with Gasteiger partial charge in [0.2, 0.25) is 0 Å². The van der Waals surface area contributed by atoms with E-state index in [1.807, 2.05) is 0 Å². The Balaban J connectivity index is 2.29. The normalized spacial score (nSPS) is 18.7. The molecule has 0 radical (unpaired) electrons. The molecule has 1 aliphatic carbocycles. The number of rotatable bonds is 9. The highest BCUT2D eigenvalue weighted by Gasteiger charge is 2.38. The molecule has 1 N–H and O–H groups in total. The standard InChI is InChI=1S/C12H21F2NO3/c1-12(11(16)17-2,15-9-4-5-9)6-3-7-18-8-10(13)14/h9-10,15H,3-8H2,1-2H3. The number of hydrogen-bond donors (Lipinski definition) is 1. The molecule has 1 saturated carbocycles. The second kappa shape index (κ2) is 6.99. The summed E-state index contributed by atoms with van der Waals surface area (Å²) in [7, 11) is 1.35. The molecule has 18 heavy (non-hydrogen) atoms. The molecule has 1 fully saturated rings. The SMILES string of the molecule is COC(=O)C(C)(CCCOCC(F)F)NC1CC1. The second-order valence-electron chi connectivity index (χ2n) is 4.81. The van der Waals surface area contributed by atoms with Crippen LogP contribution in [0.15, 0.2) is 0 Å². The first-order valence-corrected chi connectivity index (χ1v) is 6.20. The van der Waals surface area contributed by atoms with Gasteiger partial charge in [-0.3, -0.25) is 10.1 Å². The third-order valence-electron chi connectivity index (χ3n) is 2.95. The Morgan fingerprint density at radius 3 is 2.67 bits per heavy atom. The third kappa shape index (κ3) is 5.27. The van der Waals surface area contributed by atoms with E-state index in [2.05, 4.69) is 5.32 Å². The lowest BCUT2D eigenvalue weighted by atomic mass is 9.96. The van der Waals surface area contributed by atoms with Gasteiger partial charge in [0.25, 0.3) is 6.43 Å². The van der Waals surface area contributed by atoms with Crippen LogP contribution in [0.4, 0.5) is 8.78 Å². The Morgan fingerprint density at radius 2 is 2.17 bits per heavy atom. The Morgan fingerprint density at radius 1 is 1.50 bits per heavy atom. The van der Waals surface area contributed by atoms with Crippen LogP contribution in [0.3, 0.4) is 0 Å². The number of esters is 1. The number of carbonyl (C=O) groups is 1. The average molecular weight is 265 g/mol. The minimum atomic E-state index is -2.44. The quantitative estimate of drug-likeness (QED) is 0.509. The van der Waals surface area contributed by atoms with E-state index in [9.17, 15) is 13.6 Å². The highest BCUT2D eigenvalue weighted by atomic mass is 19.3. The Kier molecular flexibility index (Phi) is 5.95. The van der Waals surface area contributed by atoms with Crippen molar-refractivity contribution in [2.75, 3.05) is 20.3 Å². The molecule has 0 aromatic rings. The Labute approximate surface area is 106 Å². The molecule has 1 aliphatic rings. The summed E-state index contributed by atoms with van der Waals surface area (Å²) in [6.07, 6.45) is 0.738. The van der Waals surface area contributed by atoms with Crippen molar-refractivity contribution in [2.45, 2.75) is 50.6 Å². The molecular formula is C12H21F2NO3. The van der Waals surface area contributed by atoms with Crippen molar-refractivity contribution in [2.24, 2.45) is 0 Å². The van der Waals surface area contributed by atoms with Crippen LogP contribution in [0.1, 0.15) is 32.6 Å². The lowest BCUT2D eigenvalue weighted by Gasteiger charge is -2.28. The van der Waals surface area contributed by atoms with Gasteiger partial charge in [-0.1, -0.05) is 0 Å². The summed E-state index contributed by atoms with van der Waals surface area (Å²) in [6, 6.07) is 0.371. The van der Waals surface area contributed by atoms with Crippen LogP contribution in [0.5, 0.6) is 0 Å². The number of alkyl halides is 2. The maximum absolute atomic E-state index is 11.8. The molecule has 0 saturated heterocycles. The average Bonchev–Trinajstić information content (AvgIpc) is 3.10. The third-order valence-corrected chi connectivity index (χ3v) is 2.95. The number of halogens is 2. The summed E-state index contributed by atoms with van der Waals surface area (Å²) in [5.74, 6) is -0.316. The van der Waals surface area contributed by atoms with Gasteiger partial charge < -0.3 is 9.47 Å². The van der Waals surface area contributed by atoms with Gasteiger partial charge in [-0.05, 0) is 32.6 Å². The van der Waals surface area contributed by atoms with Crippen molar-refractivity contribution in [3.05, 3.63) is 0 Å². The molecule has 0 bridgehead atoms. The molecule has 0 aromatic carbocycles. The van der Waals surface area contributed by atoms with Gasteiger partial charge in [0.15, 0.2) is 0 Å². The van der Waals surface area contributed by atoms with Crippen LogP contribution in [0.2, 0.25) is 0 Å². The fourth-order valence-corrected chi connectivity index (χ4v) is 1.84. The predicted molar refractivity (Wildman–Crippen MR) is 62.6 cm³/mol. The first-order chi connectivity index (χ1) is 8.48. The van der Waals surface area contributed by atoms with Crippen LogP contribution in [-0.4, -0.2) is 44.3 Å². The van der Waals surface area contributed by atoms with Gasteiger partial charge in [-0.15, -0.1) is 0 Å². The Bertz CT molecular complexity index is 272. The van der Waals surface area contributed by atoms with Crippen LogP contribution in [0.25, 0.3) is 0 Å². The van der Waals surface area contributed by atoms with Crippen LogP contribution >= 0.6 is 0 Å². The van der Waals surface area contributed by atoms with Gasteiger partial charge in [0, 0.05) is 12.6 Å². The highest BCUT2D eigenvalue weighted by molar-refractivity contribution is 5.80. The topological polar surface area (TPSA) is 47.6 Å². The van der Waals surface area contributed by atoms with E-state index in [4.69, 9.17) is 9.47 Å². The molecule has 1 atom stereocenters. The van der Waals surface area contributed by atoms with Crippen molar-refractivity contribution >= 4 is 5.97 Å². The van der Waals surface area contributed by atoms with E-state index >= 15 is 0 Å². The number of methoxy groups -OCH3 is 1. The molecule has 1 unspecified atom stereocenters. The van der Waals surface area contributed by atoms with Gasteiger partial charge in [0.1, 0.15) is 12.1 Å². The molecule has 0 spiro atoms. The van der Waals surface area contributed by atoms with E-state index in [1.165, 1.54) is 7.11 Å². The van der Waals surface area contributed by atoms with E-state index < -0.39 is 18.6 Å². The van der Waals surface area contributed by atoms with E-state index in [-0.39, 0.29) is 12.6 Å². The van der Waals surface area contributed by atoms with E-state index in [1.54, 1.807) is 6.92 Å². The Hall–Kier alpha value is -0.750. The van der Waals surface area contributed by atoms with Crippen LogP contribution in [-0.2, 0) is 14.3 Å². The largest absolute Gasteiger partial charge is 0.468 e. The first-order valence-electron chi connectivity index (χ1n) is 6.20. The second-order valence-corrected chi connectivity index (χ2v) is 4.81. The number of hydrogen-bond acceptors (Lipinski definition) is 4. The van der Waals surface area contributed by atoms with E-state index in [0.717, 1.165) is 12.8 Å². The van der Waals surface area contributed by atoms with Gasteiger partial charge in [0.05, 0.1) is 7.11 Å². The van der Waals surface area contributed by atoms with Crippen LogP contribution in [0, 0.1) is 0 Å². The monoisotopic (exact) mass is 265 g/mol. The molecule has 0 aromatic heterocycles. The van der Waals surface area contributed by atoms with Gasteiger partial charge in [-0.2, -0.15) is 0 Å². The summed E-state index contributed by atoms with van der Waals surface area (Å²) in [4.78, 5) is 11.7. The predicted octanol–water partition coefficient (Wildman–Crippen LogP) is 1.73. The van der Waals surface area contributed by atoms with Crippen molar-refractivity contribution < 1.29 is 23.0 Å². The molecular weight excluding hydrogens is 244 g/mol. The van der Waals surface area contributed by atoms with Crippen molar-refractivity contribution in [3.8, 4) is 0 Å². The fraction of sp³-hybridized carbons (Fsp3) is 0.917. The fourth-order valence-electron chi connectivity index (χ4n) is 1.84. The van der Waals surface area contributed by atoms with Crippen LogP contribution < -0.4 is 5.32 Å². The zero-order chi connectivity index (χ0) is 13.6. The summed E-state index contributed by atoms with van der Waals surface area (Å²) in [6.45, 7) is 1.46. The molecule has 0 heterocycles. The maximum Gasteiger partial charge on any atom is 0.325 e. The molecule has 0 aliphatic heterocycles. The summed E-state index contributed by atoms with van der Waals surface area (Å²) in [5, 5.41) is 3.24. The van der Waals surface area contributed by atoms with Crippen molar-refractivity contribution in [1.29, 1.82) is 0 Å². The lowest BCUT2D eigenvalue weighted by Crippen LogP contribution is -2.51. The zero-order valence-electron chi connectivity index (χ0n) is 10.9. The molecule has 6 heteroatoms. The minimum Gasteiger partial charge on any atom is -0.468 e. The molecule has 1 rings (SSSR count). The summed E-state index contributed by atoms with van der Waals surface area (Å²) < 4.78 is 33.3. The lowest BCUT2D eigenvalue weighted by molar-refractivity contribution is -0.148. The number of carbonyl (C=O) groups excluding carboxylic acids is 1. The van der Waals surface area contributed by atoms with Gasteiger partial charge in [-0.25, -0.2) is 8.78 Å². The molecule has 4 nitrogen and oxygen atoms in total. The summed E-state index contributed by atoms with van der Waals surface area (Å²) >= 11 is 0. The summed E-state index contributed by atoms with van der Waals surface area (Å²) in [5.41, 5.74) is -0.746. The number of ether oxygens (including phenoxy) is 2.